The first kappa shape index (κ1) is 25.7. The van der Waals surface area contributed by atoms with E-state index in [2.05, 4.69) is 15.6 Å². The Bertz CT molecular complexity index is 1370. The second-order valence-corrected chi connectivity index (χ2v) is 8.99. The maximum atomic E-state index is 13.8. The Hall–Kier alpha value is -4.40. The summed E-state index contributed by atoms with van der Waals surface area (Å²) >= 11 is 0. The van der Waals surface area contributed by atoms with Crippen LogP contribution in [0.25, 0.3) is 11.0 Å². The van der Waals surface area contributed by atoms with E-state index >= 15 is 0 Å². The second-order valence-electron chi connectivity index (χ2n) is 8.99. The van der Waals surface area contributed by atoms with Crippen LogP contribution in [0.15, 0.2) is 72.8 Å². The summed E-state index contributed by atoms with van der Waals surface area (Å²) in [7, 11) is 3.09. The summed E-state index contributed by atoms with van der Waals surface area (Å²) in [6.45, 7) is 4.06. The average molecular weight is 502 g/mol. The zero-order chi connectivity index (χ0) is 26.4. The molecule has 0 aliphatic heterocycles. The highest BCUT2D eigenvalue weighted by Crippen LogP contribution is 2.30. The van der Waals surface area contributed by atoms with Crippen LogP contribution in [0.5, 0.6) is 11.5 Å². The van der Waals surface area contributed by atoms with Gasteiger partial charge in [0.05, 0.1) is 25.4 Å². The highest BCUT2D eigenvalue weighted by molar-refractivity contribution is 5.98. The molecule has 0 radical (unpaired) electrons. The fraction of sp³-hybridized carbons (Fsp3) is 0.286. The number of hydrogen-bond acceptors (Lipinski definition) is 6. The average Bonchev–Trinajstić information content (AvgIpc) is 3.31. The van der Waals surface area contributed by atoms with E-state index in [1.165, 1.54) is 7.11 Å². The molecule has 1 N–H and O–H groups in total. The Morgan fingerprint density at radius 2 is 1.70 bits per heavy atom. The van der Waals surface area contributed by atoms with Crippen molar-refractivity contribution in [2.75, 3.05) is 19.5 Å². The third kappa shape index (κ3) is 5.88. The van der Waals surface area contributed by atoms with E-state index in [0.717, 1.165) is 11.1 Å². The molecule has 1 atom stereocenters. The van der Waals surface area contributed by atoms with Crippen LogP contribution in [0.1, 0.15) is 19.4 Å². The van der Waals surface area contributed by atoms with Gasteiger partial charge in [0, 0.05) is 12.6 Å². The third-order valence-electron chi connectivity index (χ3n) is 6.12. The highest BCUT2D eigenvalue weighted by Gasteiger charge is 2.33. The van der Waals surface area contributed by atoms with Gasteiger partial charge in [-0.3, -0.25) is 9.59 Å². The molecule has 4 rings (SSSR count). The molecule has 0 saturated carbocycles. The molecular weight excluding hydrogens is 470 g/mol. The van der Waals surface area contributed by atoms with Crippen LogP contribution >= 0.6 is 0 Å². The lowest BCUT2D eigenvalue weighted by atomic mass is 10.00. The molecule has 192 valence electrons. The molecule has 0 bridgehead atoms. The van der Waals surface area contributed by atoms with E-state index in [-0.39, 0.29) is 30.8 Å². The molecule has 2 amide bonds. The number of rotatable bonds is 10. The quantitative estimate of drug-likeness (QED) is 0.351. The molecule has 9 heteroatoms. The molecule has 0 saturated heterocycles. The summed E-state index contributed by atoms with van der Waals surface area (Å²) < 4.78 is 12.3. The van der Waals surface area contributed by atoms with E-state index in [1.54, 1.807) is 34.9 Å². The Balaban J connectivity index is 1.65. The summed E-state index contributed by atoms with van der Waals surface area (Å²) in [4.78, 5) is 29.1. The number of anilines is 1. The first-order valence-corrected chi connectivity index (χ1v) is 12.1. The molecule has 0 spiro atoms. The van der Waals surface area contributed by atoms with E-state index in [9.17, 15) is 9.59 Å². The number of nitrogens with one attached hydrogen (secondary N) is 1. The van der Waals surface area contributed by atoms with Gasteiger partial charge in [-0.05, 0) is 35.7 Å². The molecule has 0 aliphatic rings. The van der Waals surface area contributed by atoms with Crippen molar-refractivity contribution in [3.05, 3.63) is 78.4 Å². The van der Waals surface area contributed by atoms with Crippen molar-refractivity contribution >= 4 is 28.5 Å². The minimum atomic E-state index is -0.755. The molecule has 0 fully saturated rings. The highest BCUT2D eigenvalue weighted by atomic mass is 16.5. The lowest BCUT2D eigenvalue weighted by molar-refractivity contribution is -0.141. The van der Waals surface area contributed by atoms with Crippen molar-refractivity contribution in [3.63, 3.8) is 0 Å². The van der Waals surface area contributed by atoms with E-state index < -0.39 is 6.04 Å². The summed E-state index contributed by atoms with van der Waals surface area (Å²) in [5.41, 5.74) is 2.87. The van der Waals surface area contributed by atoms with Gasteiger partial charge in [-0.1, -0.05) is 61.5 Å². The molecule has 1 unspecified atom stereocenters. The number of carbonyl (C=O) groups is 2. The Labute approximate surface area is 216 Å². The number of aromatic nitrogens is 3. The van der Waals surface area contributed by atoms with Crippen LogP contribution < -0.4 is 14.8 Å². The number of hydrogen-bond donors (Lipinski definition) is 1. The Morgan fingerprint density at radius 1 is 0.973 bits per heavy atom. The zero-order valence-electron chi connectivity index (χ0n) is 21.4. The van der Waals surface area contributed by atoms with Gasteiger partial charge in [0.15, 0.2) is 0 Å². The van der Waals surface area contributed by atoms with Crippen LogP contribution in [0.2, 0.25) is 0 Å². The first-order valence-electron chi connectivity index (χ1n) is 12.1. The van der Waals surface area contributed by atoms with Crippen molar-refractivity contribution in [2.45, 2.75) is 33.0 Å². The molecule has 4 aromatic rings. The lowest BCUT2D eigenvalue weighted by Crippen LogP contribution is -2.50. The summed E-state index contributed by atoms with van der Waals surface area (Å²) in [5, 5.41) is 11.3. The molecule has 1 heterocycles. The summed E-state index contributed by atoms with van der Waals surface area (Å²) in [6, 6.07) is 21.5. The van der Waals surface area contributed by atoms with Gasteiger partial charge in [-0.15, -0.1) is 5.10 Å². The number of para-hydroxylation sites is 1. The molecule has 1 aromatic heterocycles. The number of nitrogens with zero attached hydrogens (tertiary/aromatic N) is 4. The van der Waals surface area contributed by atoms with Gasteiger partial charge < -0.3 is 19.7 Å². The number of fused-ring (bicyclic) bond motifs is 1. The van der Waals surface area contributed by atoms with E-state index in [0.29, 0.717) is 22.7 Å². The number of methoxy groups -OCH3 is 2. The number of amides is 2. The standard InChI is InChI=1S/C28H31N5O4/c1-19(2)27(28(35)29-23-15-14-21(36-3)16-25(23)37-4)32(17-20-10-6-5-7-11-20)26(34)18-33-24-13-9-8-12-22(24)30-31-33/h5-16,19,27H,17-18H2,1-4H3,(H,29,35). The fourth-order valence-corrected chi connectivity index (χ4v) is 4.29. The SMILES string of the molecule is COc1ccc(NC(=O)C(C(C)C)N(Cc2ccccc2)C(=O)Cn2nnc3ccccc32)c(OC)c1. The van der Waals surface area contributed by atoms with Gasteiger partial charge >= 0.3 is 0 Å². The van der Waals surface area contributed by atoms with Crippen molar-refractivity contribution in [1.29, 1.82) is 0 Å². The van der Waals surface area contributed by atoms with Gasteiger partial charge in [-0.25, -0.2) is 4.68 Å². The van der Waals surface area contributed by atoms with Gasteiger partial charge in [-0.2, -0.15) is 0 Å². The number of benzene rings is 3. The van der Waals surface area contributed by atoms with Crippen LogP contribution in [-0.2, 0) is 22.7 Å². The monoisotopic (exact) mass is 501 g/mol. The van der Waals surface area contributed by atoms with E-state index in [4.69, 9.17) is 9.47 Å². The first-order chi connectivity index (χ1) is 17.9. The van der Waals surface area contributed by atoms with Crippen LogP contribution in [0.4, 0.5) is 5.69 Å². The van der Waals surface area contributed by atoms with Crippen molar-refractivity contribution in [3.8, 4) is 11.5 Å². The number of ether oxygens (including phenoxy) is 2. The smallest absolute Gasteiger partial charge is 0.247 e. The maximum absolute atomic E-state index is 13.8. The molecular formula is C28H31N5O4. The lowest BCUT2D eigenvalue weighted by Gasteiger charge is -2.34. The Morgan fingerprint density at radius 3 is 2.41 bits per heavy atom. The fourth-order valence-electron chi connectivity index (χ4n) is 4.29. The van der Waals surface area contributed by atoms with Gasteiger partial charge in [0.1, 0.15) is 29.6 Å². The normalized spacial score (nSPS) is 11.8. The molecule has 0 aliphatic carbocycles. The minimum Gasteiger partial charge on any atom is -0.497 e. The minimum absolute atomic E-state index is 0.0459. The zero-order valence-corrected chi connectivity index (χ0v) is 21.4. The molecule has 3 aromatic carbocycles. The van der Waals surface area contributed by atoms with Crippen molar-refractivity contribution in [2.24, 2.45) is 5.92 Å². The largest absolute Gasteiger partial charge is 0.497 e. The predicted octanol–water partition coefficient (Wildman–Crippen LogP) is 4.14. The topological polar surface area (TPSA) is 98.6 Å². The van der Waals surface area contributed by atoms with E-state index in [1.807, 2.05) is 68.4 Å². The van der Waals surface area contributed by atoms with Crippen LogP contribution in [0.3, 0.4) is 0 Å². The Kier molecular flexibility index (Phi) is 8.02. The second kappa shape index (κ2) is 11.6. The van der Waals surface area contributed by atoms with Gasteiger partial charge in [0.25, 0.3) is 0 Å². The number of carbonyl (C=O) groups excluding carboxylic acids is 2. The summed E-state index contributed by atoms with van der Waals surface area (Å²) in [5.74, 6) is 0.340. The molecule has 9 nitrogen and oxygen atoms in total. The van der Waals surface area contributed by atoms with Crippen LogP contribution in [0, 0.1) is 5.92 Å². The summed E-state index contributed by atoms with van der Waals surface area (Å²) in [6.07, 6.45) is 0. The van der Waals surface area contributed by atoms with Crippen LogP contribution in [-0.4, -0.2) is 52.0 Å². The van der Waals surface area contributed by atoms with Crippen molar-refractivity contribution < 1.29 is 19.1 Å². The predicted molar refractivity (Wildman–Crippen MR) is 141 cm³/mol. The third-order valence-corrected chi connectivity index (χ3v) is 6.12. The van der Waals surface area contributed by atoms with Gasteiger partial charge in [0.2, 0.25) is 11.8 Å². The molecule has 37 heavy (non-hydrogen) atoms. The van der Waals surface area contributed by atoms with Crippen molar-refractivity contribution in [1.82, 2.24) is 19.9 Å². The maximum Gasteiger partial charge on any atom is 0.247 e.